The third-order valence-electron chi connectivity index (χ3n) is 6.14. The Bertz CT molecular complexity index is 366. The van der Waals surface area contributed by atoms with Gasteiger partial charge in [0.25, 0.3) is 0 Å². The molecule has 2 heterocycles. The van der Waals surface area contributed by atoms with Crippen LogP contribution >= 0.6 is 0 Å². The number of nitrogens with one attached hydrogen (secondary N) is 1. The van der Waals surface area contributed by atoms with Crippen LogP contribution in [0.5, 0.6) is 0 Å². The van der Waals surface area contributed by atoms with Crippen LogP contribution in [0.15, 0.2) is 4.99 Å². The molecular weight excluding hydrogens is 246 g/mol. The number of hydrogen-bond acceptors (Lipinski definition) is 3. The summed E-state index contributed by atoms with van der Waals surface area (Å²) < 4.78 is 0. The Morgan fingerprint density at radius 3 is 2.10 bits per heavy atom. The number of aliphatic imine (C=N–C) groups is 1. The molecule has 4 rings (SSSR count). The predicted molar refractivity (Wildman–Crippen MR) is 82.9 cm³/mol. The predicted octanol–water partition coefficient (Wildman–Crippen LogP) is 3.16. The van der Waals surface area contributed by atoms with E-state index in [1.807, 2.05) is 0 Å². The number of nitrogens with zero attached hydrogens (tertiary/aromatic N) is 2. The van der Waals surface area contributed by atoms with Gasteiger partial charge in [-0.3, -0.25) is 0 Å². The summed E-state index contributed by atoms with van der Waals surface area (Å²) in [5, 5.41) is 3.77. The topological polar surface area (TPSA) is 27.6 Å². The van der Waals surface area contributed by atoms with Gasteiger partial charge in [-0.1, -0.05) is 38.5 Å². The molecule has 2 aliphatic heterocycles. The van der Waals surface area contributed by atoms with Gasteiger partial charge in [-0.2, -0.15) is 0 Å². The molecule has 20 heavy (non-hydrogen) atoms. The maximum atomic E-state index is 5.05. The first-order chi connectivity index (χ1) is 9.90. The molecule has 0 aromatic heterocycles. The van der Waals surface area contributed by atoms with Crippen molar-refractivity contribution in [3.05, 3.63) is 0 Å². The summed E-state index contributed by atoms with van der Waals surface area (Å²) in [5.41, 5.74) is 0. The first-order valence-corrected chi connectivity index (χ1v) is 8.99. The molecule has 0 unspecified atom stereocenters. The van der Waals surface area contributed by atoms with Gasteiger partial charge in [-0.05, 0) is 37.5 Å². The van der Waals surface area contributed by atoms with Crippen molar-refractivity contribution in [2.45, 2.75) is 76.3 Å². The Morgan fingerprint density at radius 1 is 0.800 bits per heavy atom. The first-order valence-electron chi connectivity index (χ1n) is 8.99. The quantitative estimate of drug-likeness (QED) is 0.838. The molecule has 0 bridgehead atoms. The van der Waals surface area contributed by atoms with E-state index in [0.29, 0.717) is 12.1 Å². The van der Waals surface area contributed by atoms with Crippen molar-refractivity contribution >= 4 is 5.96 Å². The van der Waals surface area contributed by atoms with E-state index in [-0.39, 0.29) is 0 Å². The Hall–Kier alpha value is -0.730. The fraction of sp³-hybridized carbons (Fsp3) is 0.941. The second-order valence-corrected chi connectivity index (χ2v) is 7.47. The van der Waals surface area contributed by atoms with Gasteiger partial charge in [0.2, 0.25) is 0 Å². The highest BCUT2D eigenvalue weighted by Crippen LogP contribution is 2.33. The average Bonchev–Trinajstić information content (AvgIpc) is 3.08. The summed E-state index contributed by atoms with van der Waals surface area (Å²) in [4.78, 5) is 7.60. The minimum atomic E-state index is 0.602. The molecule has 3 heteroatoms. The Kier molecular flexibility index (Phi) is 3.61. The second kappa shape index (κ2) is 5.57. The molecule has 3 fully saturated rings. The molecule has 0 aromatic carbocycles. The lowest BCUT2D eigenvalue weighted by molar-refractivity contribution is 0.256. The summed E-state index contributed by atoms with van der Waals surface area (Å²) in [6.45, 7) is 2.43. The van der Waals surface area contributed by atoms with E-state index in [1.165, 1.54) is 83.3 Å². The van der Waals surface area contributed by atoms with Gasteiger partial charge >= 0.3 is 0 Å². The fourth-order valence-corrected chi connectivity index (χ4v) is 4.91. The van der Waals surface area contributed by atoms with Gasteiger partial charge in [0.15, 0.2) is 5.96 Å². The normalized spacial score (nSPS) is 35.8. The zero-order valence-electron chi connectivity index (χ0n) is 12.7. The second-order valence-electron chi connectivity index (χ2n) is 7.47. The maximum Gasteiger partial charge on any atom is 0.194 e. The summed E-state index contributed by atoms with van der Waals surface area (Å²) in [6.07, 6.45) is 14.4. The van der Waals surface area contributed by atoms with E-state index in [4.69, 9.17) is 4.99 Å². The van der Waals surface area contributed by atoms with Crippen LogP contribution in [-0.2, 0) is 0 Å². The van der Waals surface area contributed by atoms with Crippen LogP contribution in [0.2, 0.25) is 0 Å². The molecule has 3 nitrogen and oxygen atoms in total. The monoisotopic (exact) mass is 275 g/mol. The van der Waals surface area contributed by atoms with Crippen LogP contribution < -0.4 is 5.32 Å². The van der Waals surface area contributed by atoms with Crippen molar-refractivity contribution < 1.29 is 0 Å². The minimum Gasteiger partial charge on any atom is -0.351 e. The van der Waals surface area contributed by atoms with E-state index in [1.54, 1.807) is 0 Å². The number of fused-ring (bicyclic) bond motifs is 1. The van der Waals surface area contributed by atoms with E-state index in [0.717, 1.165) is 11.8 Å². The third kappa shape index (κ3) is 2.44. The molecule has 4 aliphatic rings. The van der Waals surface area contributed by atoms with E-state index in [2.05, 4.69) is 10.2 Å². The Morgan fingerprint density at radius 2 is 1.45 bits per heavy atom. The summed E-state index contributed by atoms with van der Waals surface area (Å²) >= 11 is 0. The van der Waals surface area contributed by atoms with Crippen molar-refractivity contribution in [2.24, 2.45) is 16.8 Å². The Labute approximate surface area is 123 Å². The van der Waals surface area contributed by atoms with Gasteiger partial charge in [-0.15, -0.1) is 0 Å². The van der Waals surface area contributed by atoms with Gasteiger partial charge in [0.1, 0.15) is 0 Å². The van der Waals surface area contributed by atoms with Crippen LogP contribution in [-0.4, -0.2) is 36.0 Å². The highest BCUT2D eigenvalue weighted by Gasteiger charge is 2.39. The lowest BCUT2D eigenvalue weighted by atomic mass is 9.83. The lowest BCUT2D eigenvalue weighted by Gasteiger charge is -2.29. The van der Waals surface area contributed by atoms with E-state index in [9.17, 15) is 0 Å². The van der Waals surface area contributed by atoms with Crippen LogP contribution in [0.3, 0.4) is 0 Å². The molecular formula is C17H29N3. The van der Waals surface area contributed by atoms with Crippen molar-refractivity contribution in [1.82, 2.24) is 10.2 Å². The number of hydrogen-bond donors (Lipinski definition) is 1. The molecule has 1 saturated heterocycles. The molecule has 112 valence electrons. The number of rotatable bonds is 2. The Balaban J connectivity index is 1.37. The molecule has 0 spiro atoms. The zero-order valence-corrected chi connectivity index (χ0v) is 12.7. The maximum absolute atomic E-state index is 5.05. The minimum absolute atomic E-state index is 0.602. The van der Waals surface area contributed by atoms with Gasteiger partial charge in [-0.25, -0.2) is 4.99 Å². The van der Waals surface area contributed by atoms with E-state index < -0.39 is 0 Å². The van der Waals surface area contributed by atoms with Crippen LogP contribution in [0.25, 0.3) is 0 Å². The highest BCUT2D eigenvalue weighted by atomic mass is 15.4. The zero-order chi connectivity index (χ0) is 13.4. The van der Waals surface area contributed by atoms with Crippen molar-refractivity contribution in [1.29, 1.82) is 0 Å². The summed E-state index contributed by atoms with van der Waals surface area (Å²) in [7, 11) is 0. The standard InChI is InChI=1S/C17H29N3/c1-3-7-13(8-4-1)15-11-20-12-16(19-17(20)18-15)14-9-5-2-6-10-14/h13-16H,1-12H2,(H,18,19)/t15-,16-/m0/s1. The largest absolute Gasteiger partial charge is 0.351 e. The highest BCUT2D eigenvalue weighted by molar-refractivity contribution is 5.84. The van der Waals surface area contributed by atoms with Gasteiger partial charge in [0.05, 0.1) is 6.04 Å². The van der Waals surface area contributed by atoms with Gasteiger partial charge in [0, 0.05) is 19.1 Å². The van der Waals surface area contributed by atoms with Crippen LogP contribution in [0.4, 0.5) is 0 Å². The van der Waals surface area contributed by atoms with Crippen LogP contribution in [0, 0.1) is 11.8 Å². The molecule has 0 radical (unpaired) electrons. The third-order valence-corrected chi connectivity index (χ3v) is 6.14. The number of guanidine groups is 1. The summed E-state index contributed by atoms with van der Waals surface area (Å²) in [5.74, 6) is 3.03. The SMILES string of the molecule is C1CCC([C@@H]2CN3C[C@@H](C4CCCCC4)NC3=N2)CC1. The van der Waals surface area contributed by atoms with E-state index >= 15 is 0 Å². The summed E-state index contributed by atoms with van der Waals surface area (Å²) in [6, 6.07) is 1.30. The smallest absolute Gasteiger partial charge is 0.194 e. The lowest BCUT2D eigenvalue weighted by Crippen LogP contribution is -2.36. The van der Waals surface area contributed by atoms with Gasteiger partial charge < -0.3 is 10.2 Å². The van der Waals surface area contributed by atoms with Crippen LogP contribution in [0.1, 0.15) is 64.2 Å². The molecule has 2 saturated carbocycles. The molecule has 2 atom stereocenters. The molecule has 1 N–H and O–H groups in total. The first kappa shape index (κ1) is 13.0. The van der Waals surface area contributed by atoms with Crippen molar-refractivity contribution in [3.63, 3.8) is 0 Å². The molecule has 2 aliphatic carbocycles. The van der Waals surface area contributed by atoms with Crippen molar-refractivity contribution in [3.8, 4) is 0 Å². The average molecular weight is 275 g/mol. The van der Waals surface area contributed by atoms with Crippen molar-refractivity contribution in [2.75, 3.05) is 13.1 Å². The fourth-order valence-electron chi connectivity index (χ4n) is 4.91. The molecule has 0 amide bonds. The molecule has 0 aromatic rings.